The number of carbonyl (C=O) groups excluding carboxylic acids is 1. The zero-order chi connectivity index (χ0) is 14.4. The lowest BCUT2D eigenvalue weighted by atomic mass is 10.2. The fourth-order valence-corrected chi connectivity index (χ4v) is 1.46. The van der Waals surface area contributed by atoms with Crippen molar-refractivity contribution in [3.63, 3.8) is 0 Å². The molecule has 2 aromatic rings. The van der Waals surface area contributed by atoms with E-state index in [4.69, 9.17) is 14.7 Å². The van der Waals surface area contributed by atoms with Gasteiger partial charge in [-0.15, -0.1) is 0 Å². The van der Waals surface area contributed by atoms with Gasteiger partial charge in [-0.1, -0.05) is 12.1 Å². The topological polar surface area (TPSA) is 59.3 Å². The number of ether oxygens (including phenoxy) is 2. The van der Waals surface area contributed by atoms with Gasteiger partial charge in [0.25, 0.3) is 0 Å². The van der Waals surface area contributed by atoms with E-state index >= 15 is 0 Å². The summed E-state index contributed by atoms with van der Waals surface area (Å²) in [6, 6.07) is 13.8. The van der Waals surface area contributed by atoms with Crippen LogP contribution in [0.25, 0.3) is 0 Å². The molecule has 0 unspecified atom stereocenters. The van der Waals surface area contributed by atoms with Crippen LogP contribution in [0.2, 0.25) is 0 Å². The Kier molecular flexibility index (Phi) is 4.30. The maximum Gasteiger partial charge on any atom is 0.349 e. The van der Waals surface area contributed by atoms with Crippen molar-refractivity contribution in [2.45, 2.75) is 0 Å². The molecule has 0 saturated carbocycles. The molecule has 0 saturated heterocycles. The average molecular weight is 271 g/mol. The summed E-state index contributed by atoms with van der Waals surface area (Å²) in [6.45, 7) is -0.402. The van der Waals surface area contributed by atoms with Gasteiger partial charge in [-0.3, -0.25) is 0 Å². The quantitative estimate of drug-likeness (QED) is 0.633. The lowest BCUT2D eigenvalue weighted by molar-refractivity contribution is -0.136. The zero-order valence-corrected chi connectivity index (χ0v) is 10.4. The van der Waals surface area contributed by atoms with Crippen molar-refractivity contribution in [2.24, 2.45) is 0 Å². The minimum Gasteiger partial charge on any atom is -0.479 e. The first-order chi connectivity index (χ1) is 9.69. The summed E-state index contributed by atoms with van der Waals surface area (Å²) in [7, 11) is 0. The van der Waals surface area contributed by atoms with Gasteiger partial charge in [0, 0.05) is 0 Å². The third kappa shape index (κ3) is 3.56. The second-order valence-corrected chi connectivity index (χ2v) is 3.83. The maximum atomic E-state index is 13.2. The van der Waals surface area contributed by atoms with E-state index in [1.165, 1.54) is 42.5 Å². The number of rotatable bonds is 4. The molecule has 2 aromatic carbocycles. The Labute approximate surface area is 115 Å². The van der Waals surface area contributed by atoms with Crippen LogP contribution < -0.4 is 9.47 Å². The second kappa shape index (κ2) is 6.34. The van der Waals surface area contributed by atoms with Crippen LogP contribution >= 0.6 is 0 Å². The summed E-state index contributed by atoms with van der Waals surface area (Å²) in [6.07, 6.45) is 0. The number of hydrogen-bond acceptors (Lipinski definition) is 4. The van der Waals surface area contributed by atoms with Gasteiger partial charge in [-0.05, 0) is 36.4 Å². The van der Waals surface area contributed by atoms with Gasteiger partial charge < -0.3 is 9.47 Å². The van der Waals surface area contributed by atoms with Gasteiger partial charge in [-0.2, -0.15) is 5.26 Å². The van der Waals surface area contributed by atoms with E-state index in [1.54, 1.807) is 6.07 Å². The van der Waals surface area contributed by atoms with Crippen LogP contribution in [0.4, 0.5) is 4.39 Å². The van der Waals surface area contributed by atoms with E-state index in [-0.39, 0.29) is 5.75 Å². The molecule has 4 nitrogen and oxygen atoms in total. The smallest absolute Gasteiger partial charge is 0.349 e. The van der Waals surface area contributed by atoms with E-state index in [1.807, 2.05) is 6.07 Å². The molecule has 5 heteroatoms. The fraction of sp³-hybridized carbons (Fsp3) is 0.0667. The summed E-state index contributed by atoms with van der Waals surface area (Å²) in [5.74, 6) is -0.910. The molecule has 0 aromatic heterocycles. The van der Waals surface area contributed by atoms with Crippen LogP contribution in [0.5, 0.6) is 11.5 Å². The van der Waals surface area contributed by atoms with E-state index in [9.17, 15) is 9.18 Å². The number of halogens is 1. The molecule has 0 amide bonds. The zero-order valence-electron chi connectivity index (χ0n) is 10.4. The van der Waals surface area contributed by atoms with Crippen molar-refractivity contribution in [1.82, 2.24) is 0 Å². The van der Waals surface area contributed by atoms with Crippen LogP contribution in [-0.4, -0.2) is 12.6 Å². The molecule has 0 bridgehead atoms. The SMILES string of the molecule is N#Cc1ccc(OC(=O)COc2ccccc2F)cc1. The Morgan fingerprint density at radius 2 is 1.85 bits per heavy atom. The molecular formula is C15H10FNO3. The van der Waals surface area contributed by atoms with E-state index in [0.29, 0.717) is 11.3 Å². The van der Waals surface area contributed by atoms with Gasteiger partial charge in [0.15, 0.2) is 18.2 Å². The summed E-state index contributed by atoms with van der Waals surface area (Å²) >= 11 is 0. The molecule has 0 atom stereocenters. The number of hydrogen-bond donors (Lipinski definition) is 0. The van der Waals surface area contributed by atoms with Crippen LogP contribution in [0.1, 0.15) is 5.56 Å². The lowest BCUT2D eigenvalue weighted by Gasteiger charge is -2.07. The summed E-state index contributed by atoms with van der Waals surface area (Å²) in [4.78, 5) is 11.5. The predicted molar refractivity (Wildman–Crippen MR) is 68.7 cm³/mol. The third-order valence-corrected chi connectivity index (χ3v) is 2.40. The molecule has 0 heterocycles. The van der Waals surface area contributed by atoms with Crippen LogP contribution in [-0.2, 0) is 4.79 Å². The first kappa shape index (κ1) is 13.6. The van der Waals surface area contributed by atoms with Crippen molar-refractivity contribution in [3.8, 4) is 17.6 Å². The van der Waals surface area contributed by atoms with Crippen LogP contribution in [0.15, 0.2) is 48.5 Å². The Hall–Kier alpha value is -2.87. The Bertz CT molecular complexity index is 647. The number of carbonyl (C=O) groups is 1. The highest BCUT2D eigenvalue weighted by Gasteiger charge is 2.08. The number of para-hydroxylation sites is 1. The molecule has 0 aliphatic carbocycles. The molecule has 0 N–H and O–H groups in total. The van der Waals surface area contributed by atoms with Crippen molar-refractivity contribution in [2.75, 3.05) is 6.61 Å². The molecule has 100 valence electrons. The molecule has 0 radical (unpaired) electrons. The standard InChI is InChI=1S/C15H10FNO3/c16-13-3-1-2-4-14(13)19-10-15(18)20-12-7-5-11(9-17)6-8-12/h1-8H,10H2. The Morgan fingerprint density at radius 1 is 1.15 bits per heavy atom. The molecular weight excluding hydrogens is 261 g/mol. The summed E-state index contributed by atoms with van der Waals surface area (Å²) < 4.78 is 23.2. The predicted octanol–water partition coefficient (Wildman–Crippen LogP) is 2.68. The Morgan fingerprint density at radius 3 is 2.50 bits per heavy atom. The summed E-state index contributed by atoms with van der Waals surface area (Å²) in [5, 5.41) is 8.63. The maximum absolute atomic E-state index is 13.2. The van der Waals surface area contributed by atoms with Crippen molar-refractivity contribution in [3.05, 3.63) is 59.9 Å². The largest absolute Gasteiger partial charge is 0.479 e. The fourth-order valence-electron chi connectivity index (χ4n) is 1.46. The highest BCUT2D eigenvalue weighted by Crippen LogP contribution is 2.16. The first-order valence-corrected chi connectivity index (χ1v) is 5.77. The number of benzene rings is 2. The highest BCUT2D eigenvalue weighted by molar-refractivity contribution is 5.74. The minimum atomic E-state index is -0.655. The van der Waals surface area contributed by atoms with E-state index in [0.717, 1.165) is 0 Å². The van der Waals surface area contributed by atoms with Crippen molar-refractivity contribution in [1.29, 1.82) is 5.26 Å². The van der Waals surface area contributed by atoms with Crippen LogP contribution in [0, 0.1) is 17.1 Å². The highest BCUT2D eigenvalue weighted by atomic mass is 19.1. The number of nitriles is 1. The van der Waals surface area contributed by atoms with E-state index < -0.39 is 18.4 Å². The van der Waals surface area contributed by atoms with Gasteiger partial charge in [-0.25, -0.2) is 9.18 Å². The molecule has 20 heavy (non-hydrogen) atoms. The second-order valence-electron chi connectivity index (χ2n) is 3.83. The van der Waals surface area contributed by atoms with E-state index in [2.05, 4.69) is 0 Å². The number of esters is 1. The average Bonchev–Trinajstić information content (AvgIpc) is 2.47. The third-order valence-electron chi connectivity index (χ3n) is 2.40. The molecule has 0 aliphatic heterocycles. The normalized spacial score (nSPS) is 9.60. The van der Waals surface area contributed by atoms with Gasteiger partial charge in [0.05, 0.1) is 11.6 Å². The van der Waals surface area contributed by atoms with Crippen LogP contribution in [0.3, 0.4) is 0 Å². The van der Waals surface area contributed by atoms with Crippen molar-refractivity contribution >= 4 is 5.97 Å². The Balaban J connectivity index is 1.89. The minimum absolute atomic E-state index is 0.00993. The van der Waals surface area contributed by atoms with Gasteiger partial charge >= 0.3 is 5.97 Å². The van der Waals surface area contributed by atoms with Gasteiger partial charge in [0.1, 0.15) is 5.75 Å². The van der Waals surface area contributed by atoms with Crippen molar-refractivity contribution < 1.29 is 18.7 Å². The molecule has 2 rings (SSSR count). The molecule has 0 fully saturated rings. The monoisotopic (exact) mass is 271 g/mol. The first-order valence-electron chi connectivity index (χ1n) is 5.77. The van der Waals surface area contributed by atoms with Gasteiger partial charge in [0.2, 0.25) is 0 Å². The lowest BCUT2D eigenvalue weighted by Crippen LogP contribution is -2.18. The summed E-state index contributed by atoms with van der Waals surface area (Å²) in [5.41, 5.74) is 0.465. The number of nitrogens with zero attached hydrogens (tertiary/aromatic N) is 1. The molecule has 0 aliphatic rings. The molecule has 0 spiro atoms.